The number of hydrogen-bond donors (Lipinski definition) is 0. The van der Waals surface area contributed by atoms with Gasteiger partial charge in [0.25, 0.3) is 0 Å². The molecule has 2 nitrogen and oxygen atoms in total. The number of carbonyl (C=O) groups is 1. The number of rotatable bonds is 3. The topological polar surface area (TPSA) is 20.3 Å². The van der Waals surface area contributed by atoms with Crippen LogP contribution in [0.5, 0.6) is 0 Å². The van der Waals surface area contributed by atoms with Gasteiger partial charge in [-0.1, -0.05) is 0 Å². The Morgan fingerprint density at radius 3 is 2.67 bits per heavy atom. The number of halogens is 1. The molecule has 0 radical (unpaired) electrons. The molecule has 0 spiro atoms. The fourth-order valence-corrected chi connectivity index (χ4v) is 1.85. The highest BCUT2D eigenvalue weighted by atomic mass is 19.1. The highest BCUT2D eigenvalue weighted by Crippen LogP contribution is 2.28. The van der Waals surface area contributed by atoms with Crippen LogP contribution in [0.1, 0.15) is 29.6 Å². The maximum absolute atomic E-state index is 13.2. The van der Waals surface area contributed by atoms with Crippen molar-refractivity contribution in [3.05, 3.63) is 29.6 Å². The second kappa shape index (κ2) is 4.01. The average molecular weight is 207 g/mol. The lowest BCUT2D eigenvalue weighted by Crippen LogP contribution is -2.37. The van der Waals surface area contributed by atoms with Crippen molar-refractivity contribution in [2.24, 2.45) is 0 Å². The lowest BCUT2D eigenvalue weighted by atomic mass is 9.91. The van der Waals surface area contributed by atoms with E-state index in [0.29, 0.717) is 17.9 Å². The third kappa shape index (κ3) is 2.01. The molecule has 0 saturated heterocycles. The van der Waals surface area contributed by atoms with Gasteiger partial charge in [0, 0.05) is 24.3 Å². The van der Waals surface area contributed by atoms with E-state index in [2.05, 4.69) is 4.90 Å². The van der Waals surface area contributed by atoms with E-state index in [9.17, 15) is 9.18 Å². The molecule has 3 heteroatoms. The lowest BCUT2D eigenvalue weighted by molar-refractivity contribution is 0.112. The summed E-state index contributed by atoms with van der Waals surface area (Å²) in [7, 11) is 1.95. The van der Waals surface area contributed by atoms with Crippen LogP contribution in [0.4, 0.5) is 10.1 Å². The first-order valence-corrected chi connectivity index (χ1v) is 5.19. The number of hydrogen-bond acceptors (Lipinski definition) is 2. The Morgan fingerprint density at radius 2 is 2.13 bits per heavy atom. The van der Waals surface area contributed by atoms with E-state index in [-0.39, 0.29) is 5.82 Å². The minimum absolute atomic E-state index is 0.347. The molecule has 0 aromatic heterocycles. The van der Waals surface area contributed by atoms with Crippen LogP contribution in [0.3, 0.4) is 0 Å². The van der Waals surface area contributed by atoms with Crippen molar-refractivity contribution in [1.82, 2.24) is 0 Å². The van der Waals surface area contributed by atoms with Gasteiger partial charge in [-0.15, -0.1) is 0 Å². The van der Waals surface area contributed by atoms with E-state index in [0.717, 1.165) is 18.5 Å². The Morgan fingerprint density at radius 1 is 1.40 bits per heavy atom. The van der Waals surface area contributed by atoms with Crippen LogP contribution in [0.25, 0.3) is 0 Å². The van der Waals surface area contributed by atoms with Gasteiger partial charge in [-0.3, -0.25) is 4.79 Å². The van der Waals surface area contributed by atoms with Gasteiger partial charge >= 0.3 is 0 Å². The molecule has 2 rings (SSSR count). The average Bonchev–Trinajstić information content (AvgIpc) is 2.14. The number of aldehydes is 1. The van der Waals surface area contributed by atoms with Gasteiger partial charge < -0.3 is 4.90 Å². The molecular weight excluding hydrogens is 193 g/mol. The highest BCUT2D eigenvalue weighted by Gasteiger charge is 2.22. The van der Waals surface area contributed by atoms with Crippen LogP contribution in [-0.2, 0) is 0 Å². The molecule has 0 heterocycles. The summed E-state index contributed by atoms with van der Waals surface area (Å²) in [5.74, 6) is -0.347. The Bertz CT molecular complexity index is 374. The first-order chi connectivity index (χ1) is 7.20. The second-order valence-corrected chi connectivity index (χ2v) is 4.06. The van der Waals surface area contributed by atoms with Crippen molar-refractivity contribution in [3.63, 3.8) is 0 Å². The predicted octanol–water partition coefficient (Wildman–Crippen LogP) is 2.63. The predicted molar refractivity (Wildman–Crippen MR) is 57.8 cm³/mol. The van der Waals surface area contributed by atoms with Crippen molar-refractivity contribution in [2.45, 2.75) is 25.3 Å². The first-order valence-electron chi connectivity index (χ1n) is 5.19. The highest BCUT2D eigenvalue weighted by molar-refractivity contribution is 5.77. The van der Waals surface area contributed by atoms with Crippen LogP contribution >= 0.6 is 0 Å². The summed E-state index contributed by atoms with van der Waals surface area (Å²) in [6, 6.07) is 4.97. The smallest absolute Gasteiger partial charge is 0.150 e. The quantitative estimate of drug-likeness (QED) is 0.710. The number of benzene rings is 1. The Labute approximate surface area is 88.7 Å². The van der Waals surface area contributed by atoms with Gasteiger partial charge in [-0.05, 0) is 37.5 Å². The SMILES string of the molecule is CN(c1cc(F)cc(C=O)c1)C1CCC1. The van der Waals surface area contributed by atoms with Crippen molar-refractivity contribution in [1.29, 1.82) is 0 Å². The number of carbonyl (C=O) groups excluding carboxylic acids is 1. The Hall–Kier alpha value is -1.38. The van der Waals surface area contributed by atoms with Crippen molar-refractivity contribution in [2.75, 3.05) is 11.9 Å². The largest absolute Gasteiger partial charge is 0.372 e. The first kappa shape index (κ1) is 10.1. The maximum atomic E-state index is 13.2. The monoisotopic (exact) mass is 207 g/mol. The molecule has 1 aromatic carbocycles. The van der Waals surface area contributed by atoms with Gasteiger partial charge in [0.05, 0.1) is 0 Å². The molecule has 1 aliphatic carbocycles. The molecule has 1 aromatic rings. The van der Waals surface area contributed by atoms with Crippen LogP contribution in [-0.4, -0.2) is 19.4 Å². The van der Waals surface area contributed by atoms with Crippen LogP contribution < -0.4 is 4.90 Å². The minimum Gasteiger partial charge on any atom is -0.372 e. The number of anilines is 1. The Kier molecular flexibility index (Phi) is 2.71. The van der Waals surface area contributed by atoms with Gasteiger partial charge in [-0.25, -0.2) is 4.39 Å². The molecule has 0 atom stereocenters. The van der Waals surface area contributed by atoms with E-state index < -0.39 is 0 Å². The summed E-state index contributed by atoms with van der Waals surface area (Å²) >= 11 is 0. The summed E-state index contributed by atoms with van der Waals surface area (Å²) in [5, 5.41) is 0. The van der Waals surface area contributed by atoms with E-state index in [4.69, 9.17) is 0 Å². The summed E-state index contributed by atoms with van der Waals surface area (Å²) in [6.07, 6.45) is 4.24. The van der Waals surface area contributed by atoms with Crippen molar-refractivity contribution >= 4 is 12.0 Å². The summed E-state index contributed by atoms with van der Waals surface area (Å²) < 4.78 is 13.2. The standard InChI is InChI=1S/C12H14FNO/c1-14(11-3-2-4-11)12-6-9(8-15)5-10(13)7-12/h5-8,11H,2-4H2,1H3. The van der Waals surface area contributed by atoms with Gasteiger partial charge in [-0.2, -0.15) is 0 Å². The molecule has 0 aliphatic heterocycles. The third-order valence-electron chi connectivity index (χ3n) is 3.07. The second-order valence-electron chi connectivity index (χ2n) is 4.06. The van der Waals surface area contributed by atoms with E-state index in [1.807, 2.05) is 7.05 Å². The molecule has 1 aliphatic rings. The van der Waals surface area contributed by atoms with Crippen LogP contribution in [0.2, 0.25) is 0 Å². The minimum atomic E-state index is -0.347. The fourth-order valence-electron chi connectivity index (χ4n) is 1.85. The van der Waals surface area contributed by atoms with E-state index >= 15 is 0 Å². The molecule has 0 bridgehead atoms. The van der Waals surface area contributed by atoms with E-state index in [1.165, 1.54) is 18.6 Å². The zero-order valence-corrected chi connectivity index (χ0v) is 8.74. The van der Waals surface area contributed by atoms with Crippen molar-refractivity contribution < 1.29 is 9.18 Å². The van der Waals surface area contributed by atoms with Gasteiger partial charge in [0.1, 0.15) is 12.1 Å². The molecule has 15 heavy (non-hydrogen) atoms. The zero-order chi connectivity index (χ0) is 10.8. The van der Waals surface area contributed by atoms with Gasteiger partial charge in [0.2, 0.25) is 0 Å². The normalized spacial score (nSPS) is 15.9. The Balaban J connectivity index is 2.25. The molecule has 0 amide bonds. The molecule has 0 N–H and O–H groups in total. The number of nitrogens with zero attached hydrogens (tertiary/aromatic N) is 1. The third-order valence-corrected chi connectivity index (χ3v) is 3.07. The maximum Gasteiger partial charge on any atom is 0.150 e. The van der Waals surface area contributed by atoms with Crippen molar-refractivity contribution in [3.8, 4) is 0 Å². The van der Waals surface area contributed by atoms with Gasteiger partial charge in [0.15, 0.2) is 0 Å². The van der Waals surface area contributed by atoms with E-state index in [1.54, 1.807) is 6.07 Å². The van der Waals surface area contributed by atoms with Crippen LogP contribution in [0.15, 0.2) is 18.2 Å². The summed E-state index contributed by atoms with van der Waals surface area (Å²) in [4.78, 5) is 12.7. The molecule has 80 valence electrons. The molecular formula is C12H14FNO. The molecule has 0 unspecified atom stereocenters. The lowest BCUT2D eigenvalue weighted by Gasteiger charge is -2.36. The zero-order valence-electron chi connectivity index (χ0n) is 8.74. The molecule has 1 saturated carbocycles. The fraction of sp³-hybridized carbons (Fsp3) is 0.417. The summed E-state index contributed by atoms with van der Waals surface area (Å²) in [6.45, 7) is 0. The van der Waals surface area contributed by atoms with Crippen LogP contribution in [0, 0.1) is 5.82 Å². The molecule has 1 fully saturated rings. The summed E-state index contributed by atoms with van der Waals surface area (Å²) in [5.41, 5.74) is 1.19.